The van der Waals surface area contributed by atoms with Gasteiger partial charge < -0.3 is 28.8 Å². The first kappa shape index (κ1) is 48.7. The molecule has 0 radical (unpaired) electrons. The zero-order chi connectivity index (χ0) is 48.5. The molecule has 7 unspecified atom stereocenters. The molecule has 10 rings (SSSR count). The summed E-state index contributed by atoms with van der Waals surface area (Å²) in [5.74, 6) is 3.67. The summed E-state index contributed by atoms with van der Waals surface area (Å²) in [6.45, 7) is 16.0. The molecule has 7 heteroatoms. The Morgan fingerprint density at radius 2 is 0.971 bits per heavy atom. The number of hydrogen-bond acceptors (Lipinski definition) is 7. The standard InChI is InChI=1S/C63H72O6S/c1-7-60(8-2,45-19-23-47(24-20-45)63(36-44(6)57-16-12-14-18-59(57)63)50-29-33-53(34-30-50)67-41-55-42-70-55)68-38-51(64)37-65-52-31-27-49(28-32-52)62(35-43(5)56-15-11-13-17-58(56)62)48-25-21-46(22-26-48)61(9-3,10-4)69-40-54-39-66-54/h11-34,43-44,51,54-55,64H,7-10,35-42H2,1-6H3. The Morgan fingerprint density at radius 1 is 0.557 bits per heavy atom. The highest BCUT2D eigenvalue weighted by Gasteiger charge is 2.47. The van der Waals surface area contributed by atoms with E-state index in [2.05, 4.69) is 187 Å². The van der Waals surface area contributed by atoms with E-state index in [1.54, 1.807) is 0 Å². The van der Waals surface area contributed by atoms with Gasteiger partial charge in [-0.15, -0.1) is 0 Å². The summed E-state index contributed by atoms with van der Waals surface area (Å²) in [7, 11) is 0. The second-order valence-corrected chi connectivity index (χ2v) is 21.9. The summed E-state index contributed by atoms with van der Waals surface area (Å²) in [6, 6.07) is 53.8. The molecule has 0 spiro atoms. The molecule has 0 amide bonds. The third-order valence-electron chi connectivity index (χ3n) is 16.7. The first-order valence-electron chi connectivity index (χ1n) is 26.2. The maximum absolute atomic E-state index is 11.4. The Balaban J connectivity index is 0.834. The van der Waals surface area contributed by atoms with Crippen molar-refractivity contribution in [2.75, 3.05) is 38.8 Å². The number of aliphatic hydroxyl groups excluding tert-OH is 1. The van der Waals surface area contributed by atoms with E-state index in [-0.39, 0.29) is 35.7 Å². The quantitative estimate of drug-likeness (QED) is 0.0680. The van der Waals surface area contributed by atoms with Crippen molar-refractivity contribution in [3.8, 4) is 11.5 Å². The van der Waals surface area contributed by atoms with Crippen LogP contribution in [0.5, 0.6) is 11.5 Å². The molecule has 0 bridgehead atoms. The van der Waals surface area contributed by atoms with E-state index in [9.17, 15) is 5.11 Å². The topological polar surface area (TPSA) is 69.7 Å². The van der Waals surface area contributed by atoms with Gasteiger partial charge in [-0.1, -0.05) is 163 Å². The van der Waals surface area contributed by atoms with Gasteiger partial charge in [0, 0.05) is 21.8 Å². The molecule has 6 aromatic rings. The van der Waals surface area contributed by atoms with Crippen molar-refractivity contribution in [1.82, 2.24) is 0 Å². The van der Waals surface area contributed by atoms with Gasteiger partial charge in [0.15, 0.2) is 0 Å². The molecule has 366 valence electrons. The zero-order valence-electron chi connectivity index (χ0n) is 42.1. The van der Waals surface area contributed by atoms with Crippen molar-refractivity contribution in [3.63, 3.8) is 0 Å². The van der Waals surface area contributed by atoms with Crippen LogP contribution in [0.3, 0.4) is 0 Å². The molecule has 0 saturated carbocycles. The molecule has 7 atom stereocenters. The van der Waals surface area contributed by atoms with Crippen molar-refractivity contribution >= 4 is 11.8 Å². The van der Waals surface area contributed by atoms with E-state index >= 15 is 0 Å². The number of fused-ring (bicyclic) bond motifs is 2. The molecule has 2 aliphatic carbocycles. The lowest BCUT2D eigenvalue weighted by molar-refractivity contribution is -0.0961. The van der Waals surface area contributed by atoms with Gasteiger partial charge in [-0.25, -0.2) is 0 Å². The summed E-state index contributed by atoms with van der Waals surface area (Å²) in [6.07, 6.45) is 4.74. The molecule has 6 aromatic carbocycles. The lowest BCUT2D eigenvalue weighted by atomic mass is 9.69. The minimum absolute atomic E-state index is 0.128. The van der Waals surface area contributed by atoms with E-state index in [4.69, 9.17) is 23.7 Å². The van der Waals surface area contributed by atoms with Gasteiger partial charge in [0.25, 0.3) is 0 Å². The van der Waals surface area contributed by atoms with Crippen LogP contribution >= 0.6 is 11.8 Å². The van der Waals surface area contributed by atoms with Gasteiger partial charge in [-0.05, 0) is 130 Å². The van der Waals surface area contributed by atoms with Gasteiger partial charge in [-0.2, -0.15) is 11.8 Å². The fourth-order valence-electron chi connectivity index (χ4n) is 12.4. The Kier molecular flexibility index (Phi) is 14.1. The number of ether oxygens (including phenoxy) is 5. The first-order valence-corrected chi connectivity index (χ1v) is 27.2. The SMILES string of the molecule is CCC(CC)(OCC(O)COc1ccc(C2(c3ccc(C(CC)(CC)OCC4CO4)cc3)CC(C)c3ccccc32)cc1)c1ccc(C2(c3ccc(OCC4CS4)cc3)CC(C)c3ccccc32)cc1. The highest BCUT2D eigenvalue weighted by atomic mass is 32.2. The monoisotopic (exact) mass is 957 g/mol. The van der Waals surface area contributed by atoms with E-state index in [0.717, 1.165) is 68.8 Å². The number of hydrogen-bond donors (Lipinski definition) is 1. The van der Waals surface area contributed by atoms with Crippen molar-refractivity contribution in [2.24, 2.45) is 0 Å². The van der Waals surface area contributed by atoms with E-state index in [1.165, 1.54) is 55.8 Å². The average Bonchev–Trinajstić information content (AvgIpc) is 4.37. The predicted molar refractivity (Wildman–Crippen MR) is 284 cm³/mol. The van der Waals surface area contributed by atoms with Crippen molar-refractivity contribution < 1.29 is 28.8 Å². The van der Waals surface area contributed by atoms with Crippen LogP contribution in [-0.4, -0.2) is 61.4 Å². The molecule has 2 heterocycles. The van der Waals surface area contributed by atoms with Crippen LogP contribution in [0.25, 0.3) is 0 Å². The van der Waals surface area contributed by atoms with Gasteiger partial charge in [-0.3, -0.25) is 0 Å². The molecular weight excluding hydrogens is 885 g/mol. The minimum Gasteiger partial charge on any atom is -0.492 e. The van der Waals surface area contributed by atoms with Gasteiger partial charge in [0.2, 0.25) is 0 Å². The molecule has 1 N–H and O–H groups in total. The molecule has 2 fully saturated rings. The van der Waals surface area contributed by atoms with Crippen LogP contribution in [0.15, 0.2) is 146 Å². The summed E-state index contributed by atoms with van der Waals surface area (Å²) in [5.41, 5.74) is 11.5. The number of thioether (sulfide) groups is 1. The van der Waals surface area contributed by atoms with Crippen molar-refractivity contribution in [3.05, 3.63) is 201 Å². The average molecular weight is 957 g/mol. The summed E-state index contributed by atoms with van der Waals surface area (Å²) in [5, 5.41) is 12.1. The van der Waals surface area contributed by atoms with Crippen LogP contribution in [0.4, 0.5) is 0 Å². The minimum atomic E-state index is -0.808. The van der Waals surface area contributed by atoms with Crippen LogP contribution in [-0.2, 0) is 36.2 Å². The normalized spacial score (nSPS) is 23.9. The maximum atomic E-state index is 11.4. The highest BCUT2D eigenvalue weighted by molar-refractivity contribution is 8.06. The molecule has 2 saturated heterocycles. The molecular formula is C63H72O6S. The second kappa shape index (κ2) is 20.3. The molecule has 4 aliphatic rings. The largest absolute Gasteiger partial charge is 0.492 e. The maximum Gasteiger partial charge on any atom is 0.119 e. The third kappa shape index (κ3) is 9.15. The van der Waals surface area contributed by atoms with E-state index in [0.29, 0.717) is 23.7 Å². The summed E-state index contributed by atoms with van der Waals surface area (Å²) in [4.78, 5) is 0. The summed E-state index contributed by atoms with van der Waals surface area (Å²) < 4.78 is 31.3. The number of benzene rings is 6. The van der Waals surface area contributed by atoms with Crippen LogP contribution in [0.1, 0.15) is 148 Å². The lowest BCUT2D eigenvalue weighted by Crippen LogP contribution is -2.34. The third-order valence-corrected chi connectivity index (χ3v) is 17.6. The smallest absolute Gasteiger partial charge is 0.119 e. The molecule has 0 aromatic heterocycles. The van der Waals surface area contributed by atoms with Gasteiger partial charge in [0.1, 0.15) is 36.9 Å². The van der Waals surface area contributed by atoms with Crippen molar-refractivity contribution in [2.45, 2.75) is 131 Å². The Morgan fingerprint density at radius 3 is 1.40 bits per heavy atom. The van der Waals surface area contributed by atoms with E-state index < -0.39 is 11.7 Å². The zero-order valence-corrected chi connectivity index (χ0v) is 42.9. The molecule has 6 nitrogen and oxygen atoms in total. The van der Waals surface area contributed by atoms with Gasteiger partial charge >= 0.3 is 0 Å². The van der Waals surface area contributed by atoms with Gasteiger partial charge in [0.05, 0.1) is 31.0 Å². The molecule has 2 aliphatic heterocycles. The van der Waals surface area contributed by atoms with E-state index in [1.807, 2.05) is 11.8 Å². The Labute approximate surface area is 421 Å². The lowest BCUT2D eigenvalue weighted by Gasteiger charge is -2.36. The first-order chi connectivity index (χ1) is 34.1. The van der Waals surface area contributed by atoms with Crippen LogP contribution < -0.4 is 9.47 Å². The highest BCUT2D eigenvalue weighted by Crippen LogP contribution is 2.56. The Hall–Kier alpha value is -4.89. The predicted octanol–water partition coefficient (Wildman–Crippen LogP) is 13.8. The Bertz CT molecular complexity index is 2680. The second-order valence-electron chi connectivity index (χ2n) is 20.6. The number of rotatable bonds is 22. The number of aliphatic hydroxyl groups is 1. The number of epoxide rings is 1. The fourth-order valence-corrected chi connectivity index (χ4v) is 12.8. The summed E-state index contributed by atoms with van der Waals surface area (Å²) >= 11 is 1.96. The van der Waals surface area contributed by atoms with Crippen LogP contribution in [0, 0.1) is 0 Å². The van der Waals surface area contributed by atoms with Crippen molar-refractivity contribution in [1.29, 1.82) is 0 Å². The molecule has 70 heavy (non-hydrogen) atoms. The van der Waals surface area contributed by atoms with Crippen LogP contribution in [0.2, 0.25) is 0 Å². The fraction of sp³-hybridized carbons (Fsp3) is 0.429.